The summed E-state index contributed by atoms with van der Waals surface area (Å²) in [6, 6.07) is 14.8. The van der Waals surface area contributed by atoms with Gasteiger partial charge < -0.3 is 5.73 Å². The van der Waals surface area contributed by atoms with Crippen molar-refractivity contribution >= 4 is 11.5 Å². The van der Waals surface area contributed by atoms with Crippen LogP contribution < -0.4 is 5.73 Å². The predicted molar refractivity (Wildman–Crippen MR) is 98.4 cm³/mol. The maximum absolute atomic E-state index is 13.2. The van der Waals surface area contributed by atoms with Gasteiger partial charge in [-0.2, -0.15) is 5.10 Å². The molecule has 0 fully saturated rings. The number of alkyl halides is 2. The number of nitrogens with two attached hydrogens (primary N) is 1. The van der Waals surface area contributed by atoms with Crippen molar-refractivity contribution in [3.8, 4) is 23.5 Å². The minimum atomic E-state index is -2.73. The fraction of sp³-hybridized carbons (Fsp3) is 0.100. The summed E-state index contributed by atoms with van der Waals surface area (Å²) < 4.78 is 27.6. The van der Waals surface area contributed by atoms with Gasteiger partial charge >= 0.3 is 0 Å². The van der Waals surface area contributed by atoms with Crippen molar-refractivity contribution < 1.29 is 8.78 Å². The number of terminal acetylenes is 1. The van der Waals surface area contributed by atoms with Crippen LogP contribution in [0.15, 0.2) is 59.7 Å². The lowest BCUT2D eigenvalue weighted by molar-refractivity contribution is 0.145. The van der Waals surface area contributed by atoms with Crippen molar-refractivity contribution in [2.45, 2.75) is 6.43 Å². The van der Waals surface area contributed by atoms with E-state index in [1.54, 1.807) is 13.1 Å². The molecule has 0 atom stereocenters. The van der Waals surface area contributed by atoms with Crippen LogP contribution in [0.3, 0.4) is 0 Å². The Morgan fingerprint density at radius 3 is 2.54 bits per heavy atom. The van der Waals surface area contributed by atoms with Gasteiger partial charge in [-0.15, -0.1) is 6.42 Å². The number of halogens is 2. The number of aliphatic imine (C=N–C) groups is 1. The molecule has 0 saturated carbocycles. The van der Waals surface area contributed by atoms with Gasteiger partial charge in [-0.25, -0.2) is 13.8 Å². The van der Waals surface area contributed by atoms with Crippen LogP contribution in [0.25, 0.3) is 11.1 Å². The molecule has 1 aromatic heterocycles. The zero-order valence-corrected chi connectivity index (χ0v) is 14.0. The van der Waals surface area contributed by atoms with Crippen LogP contribution in [0, 0.1) is 12.3 Å². The second-order valence-corrected chi connectivity index (χ2v) is 5.64. The molecule has 0 unspecified atom stereocenters. The summed E-state index contributed by atoms with van der Waals surface area (Å²) in [5.74, 6) is 2.55. The Labute approximate surface area is 150 Å². The molecule has 0 bridgehead atoms. The standard InChI is InChI=1S/C20H16F2N4/c1-3-13-8-10-14(11-9-13)15-6-4-5-7-17(15)24-20(23)16-12-26(2)25-18(16)19(21)22/h1,4-12,19H,2H3,(H2,23,24). The zero-order valence-electron chi connectivity index (χ0n) is 14.0. The van der Waals surface area contributed by atoms with Gasteiger partial charge in [0.25, 0.3) is 6.43 Å². The summed E-state index contributed by atoms with van der Waals surface area (Å²) in [4.78, 5) is 4.37. The van der Waals surface area contributed by atoms with Crippen LogP contribution in [-0.2, 0) is 7.05 Å². The van der Waals surface area contributed by atoms with Crippen molar-refractivity contribution in [3.05, 3.63) is 71.5 Å². The van der Waals surface area contributed by atoms with E-state index < -0.39 is 6.43 Å². The number of hydrogen-bond donors (Lipinski definition) is 1. The molecule has 2 aromatic carbocycles. The fourth-order valence-corrected chi connectivity index (χ4v) is 2.62. The van der Waals surface area contributed by atoms with Crippen molar-refractivity contribution in [1.29, 1.82) is 0 Å². The SMILES string of the molecule is C#Cc1ccc(-c2ccccc2N=C(N)c2cn(C)nc2C(F)F)cc1. The van der Waals surface area contributed by atoms with Gasteiger partial charge in [0, 0.05) is 24.4 Å². The van der Waals surface area contributed by atoms with E-state index in [-0.39, 0.29) is 17.1 Å². The first-order valence-electron chi connectivity index (χ1n) is 7.82. The predicted octanol–water partition coefficient (Wildman–Crippen LogP) is 4.04. The van der Waals surface area contributed by atoms with E-state index in [0.717, 1.165) is 16.7 Å². The molecule has 0 amide bonds. The van der Waals surface area contributed by atoms with E-state index >= 15 is 0 Å². The first-order valence-corrected chi connectivity index (χ1v) is 7.82. The number of aryl methyl sites for hydroxylation is 1. The van der Waals surface area contributed by atoms with Crippen LogP contribution in [-0.4, -0.2) is 15.6 Å². The second kappa shape index (κ2) is 7.19. The maximum Gasteiger partial charge on any atom is 0.282 e. The number of benzene rings is 2. The Kier molecular flexibility index (Phi) is 4.81. The van der Waals surface area contributed by atoms with Crippen LogP contribution in [0.5, 0.6) is 0 Å². The molecule has 1 heterocycles. The van der Waals surface area contributed by atoms with Crippen LogP contribution in [0.1, 0.15) is 23.2 Å². The van der Waals surface area contributed by atoms with Gasteiger partial charge in [-0.3, -0.25) is 4.68 Å². The first kappa shape index (κ1) is 17.4. The minimum Gasteiger partial charge on any atom is -0.383 e. The molecule has 130 valence electrons. The molecule has 0 aliphatic heterocycles. The summed E-state index contributed by atoms with van der Waals surface area (Å²) in [5, 5.41) is 3.76. The molecule has 6 heteroatoms. The molecule has 0 radical (unpaired) electrons. The Hall–Kier alpha value is -3.46. The molecule has 3 aromatic rings. The highest BCUT2D eigenvalue weighted by Crippen LogP contribution is 2.31. The highest BCUT2D eigenvalue weighted by Gasteiger charge is 2.20. The van der Waals surface area contributed by atoms with Crippen molar-refractivity contribution in [3.63, 3.8) is 0 Å². The molecule has 2 N–H and O–H groups in total. The summed E-state index contributed by atoms with van der Waals surface area (Å²) >= 11 is 0. The number of amidine groups is 1. The Morgan fingerprint density at radius 2 is 1.88 bits per heavy atom. The van der Waals surface area contributed by atoms with E-state index in [1.165, 1.54) is 10.9 Å². The molecule has 0 spiro atoms. The number of nitrogens with zero attached hydrogens (tertiary/aromatic N) is 3. The normalized spacial score (nSPS) is 11.6. The van der Waals surface area contributed by atoms with Gasteiger partial charge in [-0.05, 0) is 23.8 Å². The lowest BCUT2D eigenvalue weighted by Gasteiger charge is -2.08. The molecule has 3 rings (SSSR count). The van der Waals surface area contributed by atoms with Gasteiger partial charge in [0.1, 0.15) is 11.5 Å². The van der Waals surface area contributed by atoms with Crippen molar-refractivity contribution in [2.75, 3.05) is 0 Å². The number of rotatable bonds is 4. The summed E-state index contributed by atoms with van der Waals surface area (Å²) in [5.41, 5.74) is 8.81. The van der Waals surface area contributed by atoms with Crippen LogP contribution in [0.2, 0.25) is 0 Å². The Morgan fingerprint density at radius 1 is 1.19 bits per heavy atom. The molecule has 0 aliphatic rings. The van der Waals surface area contributed by atoms with E-state index in [4.69, 9.17) is 12.2 Å². The Bertz CT molecular complexity index is 995. The second-order valence-electron chi connectivity index (χ2n) is 5.64. The van der Waals surface area contributed by atoms with E-state index in [0.29, 0.717) is 5.69 Å². The lowest BCUT2D eigenvalue weighted by Crippen LogP contribution is -2.14. The highest BCUT2D eigenvalue weighted by atomic mass is 19.3. The zero-order chi connectivity index (χ0) is 18.7. The van der Waals surface area contributed by atoms with Crippen molar-refractivity contribution in [2.24, 2.45) is 17.8 Å². The number of aromatic nitrogens is 2. The maximum atomic E-state index is 13.2. The third-order valence-corrected chi connectivity index (χ3v) is 3.85. The quantitative estimate of drug-likeness (QED) is 0.439. The third kappa shape index (κ3) is 3.47. The lowest BCUT2D eigenvalue weighted by atomic mass is 10.0. The van der Waals surface area contributed by atoms with Gasteiger partial charge in [0.05, 0.1) is 11.3 Å². The third-order valence-electron chi connectivity index (χ3n) is 3.85. The monoisotopic (exact) mass is 350 g/mol. The number of hydrogen-bond acceptors (Lipinski definition) is 2. The molecule has 0 aliphatic carbocycles. The minimum absolute atomic E-state index is 0.0129. The summed E-state index contributed by atoms with van der Waals surface area (Å²) in [6.07, 6.45) is 4.09. The average molecular weight is 350 g/mol. The topological polar surface area (TPSA) is 56.2 Å². The molecule has 4 nitrogen and oxygen atoms in total. The van der Waals surface area contributed by atoms with E-state index in [2.05, 4.69) is 16.0 Å². The van der Waals surface area contributed by atoms with Crippen LogP contribution >= 0.6 is 0 Å². The largest absolute Gasteiger partial charge is 0.383 e. The van der Waals surface area contributed by atoms with Gasteiger partial charge in [0.2, 0.25) is 0 Å². The highest BCUT2D eigenvalue weighted by molar-refractivity contribution is 6.01. The van der Waals surface area contributed by atoms with Gasteiger partial charge in [-0.1, -0.05) is 36.3 Å². The average Bonchev–Trinajstić information content (AvgIpc) is 3.05. The number of para-hydroxylation sites is 1. The molecular formula is C20H16F2N4. The van der Waals surface area contributed by atoms with Gasteiger partial charge in [0.15, 0.2) is 0 Å². The van der Waals surface area contributed by atoms with E-state index in [9.17, 15) is 8.78 Å². The van der Waals surface area contributed by atoms with Crippen LogP contribution in [0.4, 0.5) is 14.5 Å². The smallest absolute Gasteiger partial charge is 0.282 e. The fourth-order valence-electron chi connectivity index (χ4n) is 2.62. The summed E-state index contributed by atoms with van der Waals surface area (Å²) in [7, 11) is 1.56. The molecular weight excluding hydrogens is 334 g/mol. The Balaban J connectivity index is 2.05. The van der Waals surface area contributed by atoms with E-state index in [1.807, 2.05) is 42.5 Å². The first-order chi connectivity index (χ1) is 12.5. The molecule has 0 saturated heterocycles. The molecule has 26 heavy (non-hydrogen) atoms. The van der Waals surface area contributed by atoms with Crippen molar-refractivity contribution in [1.82, 2.24) is 9.78 Å². The summed E-state index contributed by atoms with van der Waals surface area (Å²) in [6.45, 7) is 0.